The van der Waals surface area contributed by atoms with Crippen LogP contribution in [-0.2, 0) is 22.7 Å². The van der Waals surface area contributed by atoms with E-state index in [0.29, 0.717) is 23.8 Å². The van der Waals surface area contributed by atoms with Crippen LogP contribution in [0, 0.1) is 11.3 Å². The van der Waals surface area contributed by atoms with Gasteiger partial charge in [0, 0.05) is 44.9 Å². The van der Waals surface area contributed by atoms with Gasteiger partial charge in [-0.05, 0) is 56.8 Å². The number of piperidine rings is 1. The van der Waals surface area contributed by atoms with Crippen molar-refractivity contribution in [3.63, 3.8) is 0 Å². The summed E-state index contributed by atoms with van der Waals surface area (Å²) in [6, 6.07) is 0. The van der Waals surface area contributed by atoms with E-state index in [1.807, 2.05) is 4.90 Å². The predicted octanol–water partition coefficient (Wildman–Crippen LogP) is 2.32. The Labute approximate surface area is 166 Å². The van der Waals surface area contributed by atoms with Crippen LogP contribution in [0.5, 0.6) is 0 Å². The fourth-order valence-corrected chi connectivity index (χ4v) is 5.52. The summed E-state index contributed by atoms with van der Waals surface area (Å²) in [7, 11) is 0. The van der Waals surface area contributed by atoms with Gasteiger partial charge in [0.1, 0.15) is 5.82 Å². The maximum absolute atomic E-state index is 13.0. The van der Waals surface area contributed by atoms with E-state index in [2.05, 4.69) is 19.7 Å². The number of fused-ring (bicyclic) bond motifs is 1. The molecule has 0 N–H and O–H groups in total. The van der Waals surface area contributed by atoms with Crippen LogP contribution >= 0.6 is 0 Å². The second-order valence-electron chi connectivity index (χ2n) is 9.44. The molecule has 0 bridgehead atoms. The van der Waals surface area contributed by atoms with Gasteiger partial charge >= 0.3 is 0 Å². The van der Waals surface area contributed by atoms with Gasteiger partial charge in [0.15, 0.2) is 5.82 Å². The first-order valence-electron chi connectivity index (χ1n) is 11.0. The first kappa shape index (κ1) is 18.1. The van der Waals surface area contributed by atoms with Gasteiger partial charge in [-0.1, -0.05) is 0 Å². The highest BCUT2D eigenvalue weighted by Gasteiger charge is 2.46. The van der Waals surface area contributed by atoms with E-state index in [1.165, 1.54) is 25.7 Å². The van der Waals surface area contributed by atoms with Gasteiger partial charge in [0.2, 0.25) is 11.8 Å². The van der Waals surface area contributed by atoms with Gasteiger partial charge in [-0.25, -0.2) is 0 Å². The lowest BCUT2D eigenvalue weighted by molar-refractivity contribution is -0.138. The third-order valence-corrected chi connectivity index (χ3v) is 7.75. The van der Waals surface area contributed by atoms with Gasteiger partial charge < -0.3 is 14.4 Å². The molecule has 1 aromatic rings. The molecule has 7 nitrogen and oxygen atoms in total. The maximum Gasteiger partial charge on any atom is 0.225 e. The molecular weight excluding hydrogens is 354 g/mol. The highest BCUT2D eigenvalue weighted by atomic mass is 16.2. The Morgan fingerprint density at radius 3 is 2.25 bits per heavy atom. The fraction of sp³-hybridized carbons (Fsp3) is 0.810. The third kappa shape index (κ3) is 3.22. The molecule has 1 spiro atoms. The molecule has 4 aliphatic rings. The van der Waals surface area contributed by atoms with Crippen molar-refractivity contribution >= 4 is 11.8 Å². The van der Waals surface area contributed by atoms with Crippen molar-refractivity contribution in [3.8, 4) is 0 Å². The molecule has 28 heavy (non-hydrogen) atoms. The molecular formula is C21H31N5O2. The van der Waals surface area contributed by atoms with Crippen molar-refractivity contribution < 1.29 is 9.59 Å². The number of carbonyl (C=O) groups is 2. The Balaban J connectivity index is 1.18. The molecule has 2 saturated carbocycles. The number of nitrogens with zero attached hydrogens (tertiary/aromatic N) is 5. The molecule has 1 saturated heterocycles. The molecule has 0 atom stereocenters. The quantitative estimate of drug-likeness (QED) is 0.783. The number of rotatable bonds is 2. The minimum atomic E-state index is 0.0953. The van der Waals surface area contributed by atoms with E-state index in [4.69, 9.17) is 0 Å². The lowest BCUT2D eigenvalue weighted by Crippen LogP contribution is -2.43. The van der Waals surface area contributed by atoms with Crippen molar-refractivity contribution in [3.05, 3.63) is 11.6 Å². The van der Waals surface area contributed by atoms with Crippen LogP contribution in [0.4, 0.5) is 0 Å². The van der Waals surface area contributed by atoms with Crippen molar-refractivity contribution in [1.82, 2.24) is 24.6 Å². The SMILES string of the molecule is CC(=O)N1CCn2c(nnc2C2CCN(C(=O)C3CCC4(CC3)CC4)CC2)C1. The topological polar surface area (TPSA) is 71.3 Å². The van der Waals surface area contributed by atoms with E-state index < -0.39 is 0 Å². The summed E-state index contributed by atoms with van der Waals surface area (Å²) in [5, 5.41) is 8.82. The number of likely N-dealkylation sites (tertiary alicyclic amines) is 1. The van der Waals surface area contributed by atoms with Crippen molar-refractivity contribution in [2.45, 2.75) is 77.3 Å². The summed E-state index contributed by atoms with van der Waals surface area (Å²) < 4.78 is 2.21. The van der Waals surface area contributed by atoms with Crippen LogP contribution in [0.1, 0.15) is 75.9 Å². The molecule has 2 aliphatic heterocycles. The van der Waals surface area contributed by atoms with Crippen LogP contribution in [-0.4, -0.2) is 56.0 Å². The number of hydrogen-bond acceptors (Lipinski definition) is 4. The fourth-order valence-electron chi connectivity index (χ4n) is 5.52. The monoisotopic (exact) mass is 385 g/mol. The summed E-state index contributed by atoms with van der Waals surface area (Å²) in [6.45, 7) is 5.35. The number of aromatic nitrogens is 3. The smallest absolute Gasteiger partial charge is 0.225 e. The molecule has 2 aliphatic carbocycles. The number of carbonyl (C=O) groups excluding carboxylic acids is 2. The molecule has 5 rings (SSSR count). The normalized spacial score (nSPS) is 25.0. The Morgan fingerprint density at radius 1 is 0.893 bits per heavy atom. The Hall–Kier alpha value is -1.92. The highest BCUT2D eigenvalue weighted by molar-refractivity contribution is 5.79. The average molecular weight is 386 g/mol. The second kappa shape index (κ2) is 6.85. The Bertz CT molecular complexity index is 766. The minimum absolute atomic E-state index is 0.0953. The van der Waals surface area contributed by atoms with Crippen molar-refractivity contribution in [1.29, 1.82) is 0 Å². The first-order chi connectivity index (χ1) is 13.5. The Kier molecular flexibility index (Phi) is 4.43. The largest absolute Gasteiger partial charge is 0.342 e. The highest BCUT2D eigenvalue weighted by Crippen LogP contribution is 2.57. The van der Waals surface area contributed by atoms with Gasteiger partial charge in [0.25, 0.3) is 0 Å². The summed E-state index contributed by atoms with van der Waals surface area (Å²) >= 11 is 0. The molecule has 7 heteroatoms. The summed E-state index contributed by atoms with van der Waals surface area (Å²) in [5.41, 5.74) is 0.647. The van der Waals surface area contributed by atoms with E-state index in [-0.39, 0.29) is 11.8 Å². The van der Waals surface area contributed by atoms with Crippen molar-refractivity contribution in [2.24, 2.45) is 11.3 Å². The van der Waals surface area contributed by atoms with E-state index in [0.717, 1.165) is 63.5 Å². The zero-order chi connectivity index (χ0) is 19.3. The summed E-state index contributed by atoms with van der Waals surface area (Å²) in [4.78, 5) is 28.5. The number of hydrogen-bond donors (Lipinski definition) is 0. The summed E-state index contributed by atoms with van der Waals surface area (Å²) in [6.07, 6.45) is 9.46. The minimum Gasteiger partial charge on any atom is -0.342 e. The number of amides is 2. The average Bonchev–Trinajstić information content (AvgIpc) is 3.34. The van der Waals surface area contributed by atoms with Gasteiger partial charge in [-0.2, -0.15) is 0 Å². The zero-order valence-corrected chi connectivity index (χ0v) is 16.9. The molecule has 2 amide bonds. The van der Waals surface area contributed by atoms with Gasteiger partial charge in [-0.15, -0.1) is 10.2 Å². The van der Waals surface area contributed by atoms with Crippen molar-refractivity contribution in [2.75, 3.05) is 19.6 Å². The van der Waals surface area contributed by atoms with Crippen LogP contribution < -0.4 is 0 Å². The standard InChI is InChI=1S/C21H31N5O2/c1-15(27)25-12-13-26-18(14-25)22-23-19(26)16-4-10-24(11-5-16)20(28)17-2-6-21(7-3-17)8-9-21/h16-17H,2-14H2,1H3. The Morgan fingerprint density at radius 2 is 1.61 bits per heavy atom. The third-order valence-electron chi connectivity index (χ3n) is 7.75. The van der Waals surface area contributed by atoms with E-state index in [9.17, 15) is 9.59 Å². The molecule has 3 heterocycles. The van der Waals surface area contributed by atoms with Gasteiger partial charge in [-0.3, -0.25) is 9.59 Å². The van der Waals surface area contributed by atoms with Crippen LogP contribution in [0.3, 0.4) is 0 Å². The zero-order valence-electron chi connectivity index (χ0n) is 16.9. The molecule has 0 aromatic carbocycles. The van der Waals surface area contributed by atoms with Gasteiger partial charge in [0.05, 0.1) is 6.54 Å². The van der Waals surface area contributed by atoms with E-state index >= 15 is 0 Å². The van der Waals surface area contributed by atoms with Crippen LogP contribution in [0.15, 0.2) is 0 Å². The lowest BCUT2D eigenvalue weighted by atomic mass is 9.79. The van der Waals surface area contributed by atoms with Crippen LogP contribution in [0.25, 0.3) is 0 Å². The molecule has 1 aromatic heterocycles. The molecule has 152 valence electrons. The van der Waals surface area contributed by atoms with E-state index in [1.54, 1.807) is 6.92 Å². The molecule has 0 radical (unpaired) electrons. The second-order valence-corrected chi connectivity index (χ2v) is 9.44. The lowest BCUT2D eigenvalue weighted by Gasteiger charge is -2.36. The predicted molar refractivity (Wildman–Crippen MR) is 103 cm³/mol. The van der Waals surface area contributed by atoms with Crippen LogP contribution in [0.2, 0.25) is 0 Å². The first-order valence-corrected chi connectivity index (χ1v) is 11.0. The molecule has 3 fully saturated rings. The molecule has 0 unspecified atom stereocenters. The summed E-state index contributed by atoms with van der Waals surface area (Å²) in [5.74, 6) is 3.08. The maximum atomic E-state index is 13.0.